The first-order valence-electron chi connectivity index (χ1n) is 5.61. The molecule has 0 aliphatic carbocycles. The van der Waals surface area contributed by atoms with Gasteiger partial charge in [-0.15, -0.1) is 0 Å². The third kappa shape index (κ3) is 3.41. The van der Waals surface area contributed by atoms with Gasteiger partial charge in [0, 0.05) is 26.7 Å². The van der Waals surface area contributed by atoms with E-state index in [1.807, 2.05) is 6.92 Å². The Hall–Kier alpha value is -0.170. The Labute approximate surface area is 98.2 Å². The first-order valence-corrected chi connectivity index (χ1v) is 7.22. The summed E-state index contributed by atoms with van der Waals surface area (Å²) in [5.41, 5.74) is -0.328. The van der Waals surface area contributed by atoms with Gasteiger partial charge in [-0.25, -0.2) is 8.42 Å². The van der Waals surface area contributed by atoms with Crippen molar-refractivity contribution in [3.05, 3.63) is 0 Å². The van der Waals surface area contributed by atoms with Gasteiger partial charge < -0.3 is 10.1 Å². The molecule has 1 heterocycles. The van der Waals surface area contributed by atoms with Gasteiger partial charge in [-0.05, 0) is 26.8 Å². The molecule has 96 valence electrons. The quantitative estimate of drug-likeness (QED) is 0.748. The van der Waals surface area contributed by atoms with Crippen LogP contribution in [0.5, 0.6) is 0 Å². The molecule has 1 fully saturated rings. The van der Waals surface area contributed by atoms with E-state index in [4.69, 9.17) is 4.74 Å². The van der Waals surface area contributed by atoms with Crippen molar-refractivity contribution in [2.24, 2.45) is 0 Å². The molecule has 0 spiro atoms. The van der Waals surface area contributed by atoms with Crippen LogP contribution in [0.25, 0.3) is 0 Å². The van der Waals surface area contributed by atoms with E-state index < -0.39 is 10.0 Å². The molecule has 0 aromatic heterocycles. The minimum absolute atomic E-state index is 0.156. The summed E-state index contributed by atoms with van der Waals surface area (Å²) < 4.78 is 30.9. The zero-order valence-electron chi connectivity index (χ0n) is 10.3. The van der Waals surface area contributed by atoms with Gasteiger partial charge in [-0.2, -0.15) is 4.31 Å². The van der Waals surface area contributed by atoms with E-state index in [-0.39, 0.29) is 11.4 Å². The predicted octanol–water partition coefficient (Wildman–Crippen LogP) is 0.0365. The number of hydrogen-bond donors (Lipinski definition) is 1. The van der Waals surface area contributed by atoms with Gasteiger partial charge in [0.05, 0.1) is 11.4 Å². The van der Waals surface area contributed by atoms with Crippen molar-refractivity contribution in [1.82, 2.24) is 9.62 Å². The minimum atomic E-state index is -3.14. The van der Waals surface area contributed by atoms with E-state index in [2.05, 4.69) is 5.32 Å². The molecule has 0 amide bonds. The fourth-order valence-electron chi connectivity index (χ4n) is 1.92. The van der Waals surface area contributed by atoms with Crippen LogP contribution in [0.4, 0.5) is 0 Å². The highest BCUT2D eigenvalue weighted by molar-refractivity contribution is 7.89. The molecular formula is C10H22N2O3S. The maximum Gasteiger partial charge on any atom is 0.215 e. The van der Waals surface area contributed by atoms with Crippen LogP contribution in [-0.4, -0.2) is 57.9 Å². The summed E-state index contributed by atoms with van der Waals surface area (Å²) in [4.78, 5) is 0. The number of sulfonamides is 1. The van der Waals surface area contributed by atoms with Crippen molar-refractivity contribution in [2.75, 3.05) is 39.5 Å². The zero-order chi connectivity index (χ0) is 12.2. The molecule has 0 saturated carbocycles. The highest BCUT2D eigenvalue weighted by atomic mass is 32.2. The van der Waals surface area contributed by atoms with Crippen molar-refractivity contribution >= 4 is 10.0 Å². The lowest BCUT2D eigenvalue weighted by Gasteiger charge is -2.38. The van der Waals surface area contributed by atoms with Gasteiger partial charge in [0.25, 0.3) is 0 Å². The lowest BCUT2D eigenvalue weighted by atomic mass is 9.96. The van der Waals surface area contributed by atoms with Crippen LogP contribution in [0.2, 0.25) is 0 Å². The van der Waals surface area contributed by atoms with E-state index in [1.165, 1.54) is 0 Å². The van der Waals surface area contributed by atoms with E-state index in [0.29, 0.717) is 19.6 Å². The molecule has 16 heavy (non-hydrogen) atoms. The molecule has 0 aromatic rings. The summed E-state index contributed by atoms with van der Waals surface area (Å²) in [7, 11) is 0.262. The van der Waals surface area contributed by atoms with Crippen molar-refractivity contribution in [2.45, 2.75) is 25.4 Å². The topological polar surface area (TPSA) is 58.6 Å². The number of hydrogen-bond acceptors (Lipinski definition) is 4. The minimum Gasteiger partial charge on any atom is -0.377 e. The van der Waals surface area contributed by atoms with E-state index in [0.717, 1.165) is 12.8 Å². The van der Waals surface area contributed by atoms with Crippen LogP contribution in [-0.2, 0) is 14.8 Å². The summed E-state index contributed by atoms with van der Waals surface area (Å²) in [6.45, 7) is 3.54. The first-order chi connectivity index (χ1) is 7.43. The van der Waals surface area contributed by atoms with Gasteiger partial charge in [-0.3, -0.25) is 0 Å². The zero-order valence-corrected chi connectivity index (χ0v) is 11.1. The first kappa shape index (κ1) is 13.9. The molecule has 1 unspecified atom stereocenters. The second-order valence-corrected chi connectivity index (χ2v) is 6.60. The lowest BCUT2D eigenvalue weighted by molar-refractivity contribution is -0.0319. The molecular weight excluding hydrogens is 228 g/mol. The normalized spacial score (nSPS) is 28.2. The lowest BCUT2D eigenvalue weighted by Crippen LogP contribution is -2.50. The van der Waals surface area contributed by atoms with Gasteiger partial charge in [0.15, 0.2) is 0 Å². The summed E-state index contributed by atoms with van der Waals surface area (Å²) in [6.07, 6.45) is 1.78. The second-order valence-electron chi connectivity index (χ2n) is 4.51. The molecule has 6 heteroatoms. The van der Waals surface area contributed by atoms with E-state index >= 15 is 0 Å². The van der Waals surface area contributed by atoms with Crippen molar-refractivity contribution in [3.8, 4) is 0 Å². The fraction of sp³-hybridized carbons (Fsp3) is 1.00. The van der Waals surface area contributed by atoms with Gasteiger partial charge in [0.2, 0.25) is 10.0 Å². The average molecular weight is 250 g/mol. The van der Waals surface area contributed by atoms with Crippen LogP contribution in [0.1, 0.15) is 19.8 Å². The second kappa shape index (κ2) is 5.44. The van der Waals surface area contributed by atoms with E-state index in [1.54, 1.807) is 18.5 Å². The summed E-state index contributed by atoms with van der Waals surface area (Å²) in [6, 6.07) is 0. The molecule has 1 N–H and O–H groups in total. The Morgan fingerprint density at radius 2 is 2.19 bits per heavy atom. The monoisotopic (exact) mass is 250 g/mol. The number of rotatable bonds is 5. The molecule has 1 atom stereocenters. The highest BCUT2D eigenvalue weighted by Crippen LogP contribution is 2.25. The Morgan fingerprint density at radius 3 is 2.75 bits per heavy atom. The molecule has 1 aliphatic rings. The van der Waals surface area contributed by atoms with E-state index in [9.17, 15) is 8.42 Å². The summed E-state index contributed by atoms with van der Waals surface area (Å²) in [5, 5.41) is 2.86. The SMILES string of the molecule is CNCCS(=O)(=O)N1CCCC(C)(OC)C1. The summed E-state index contributed by atoms with van der Waals surface area (Å²) in [5.74, 6) is 0.156. The molecule has 1 saturated heterocycles. The Balaban J connectivity index is 2.66. The molecule has 0 aromatic carbocycles. The average Bonchev–Trinajstić information content (AvgIpc) is 2.27. The van der Waals surface area contributed by atoms with Crippen molar-refractivity contribution in [3.63, 3.8) is 0 Å². The Morgan fingerprint density at radius 1 is 1.50 bits per heavy atom. The maximum atomic E-state index is 12.0. The fourth-order valence-corrected chi connectivity index (χ4v) is 3.52. The summed E-state index contributed by atoms with van der Waals surface area (Å²) >= 11 is 0. The standard InChI is InChI=1S/C10H22N2O3S/c1-10(15-3)5-4-7-12(9-10)16(13,14)8-6-11-2/h11H,4-9H2,1-3H3. The number of piperidine rings is 1. The molecule has 0 bridgehead atoms. The molecule has 5 nitrogen and oxygen atoms in total. The van der Waals surface area contributed by atoms with Crippen LogP contribution in [0.15, 0.2) is 0 Å². The third-order valence-corrected chi connectivity index (χ3v) is 4.94. The highest BCUT2D eigenvalue weighted by Gasteiger charge is 2.35. The van der Waals surface area contributed by atoms with Gasteiger partial charge >= 0.3 is 0 Å². The van der Waals surface area contributed by atoms with Crippen molar-refractivity contribution in [1.29, 1.82) is 0 Å². The van der Waals surface area contributed by atoms with Gasteiger partial charge in [-0.1, -0.05) is 0 Å². The van der Waals surface area contributed by atoms with Crippen LogP contribution >= 0.6 is 0 Å². The number of nitrogens with zero attached hydrogens (tertiary/aromatic N) is 1. The molecule has 1 aliphatic heterocycles. The number of methoxy groups -OCH3 is 1. The van der Waals surface area contributed by atoms with Crippen LogP contribution in [0.3, 0.4) is 0 Å². The molecule has 0 radical (unpaired) electrons. The van der Waals surface area contributed by atoms with Gasteiger partial charge in [0.1, 0.15) is 0 Å². The Kier molecular flexibility index (Phi) is 4.73. The van der Waals surface area contributed by atoms with Crippen LogP contribution < -0.4 is 5.32 Å². The smallest absolute Gasteiger partial charge is 0.215 e. The maximum absolute atomic E-state index is 12.0. The third-order valence-electron chi connectivity index (χ3n) is 3.12. The number of ether oxygens (including phenoxy) is 1. The predicted molar refractivity (Wildman–Crippen MR) is 63.9 cm³/mol. The largest absolute Gasteiger partial charge is 0.377 e. The van der Waals surface area contributed by atoms with Crippen LogP contribution in [0, 0.1) is 0 Å². The molecule has 1 rings (SSSR count). The number of nitrogens with one attached hydrogen (secondary N) is 1. The van der Waals surface area contributed by atoms with Crippen molar-refractivity contribution < 1.29 is 13.2 Å². The Bertz CT molecular complexity index is 318.